The van der Waals surface area contributed by atoms with Gasteiger partial charge in [0, 0.05) is 5.56 Å². The van der Waals surface area contributed by atoms with Crippen LogP contribution in [0.5, 0.6) is 0 Å². The van der Waals surface area contributed by atoms with Gasteiger partial charge in [0.1, 0.15) is 11.5 Å². The molecule has 1 atom stereocenters. The zero-order chi connectivity index (χ0) is 14.9. The van der Waals surface area contributed by atoms with Crippen molar-refractivity contribution in [1.29, 1.82) is 0 Å². The van der Waals surface area contributed by atoms with Gasteiger partial charge in [-0.05, 0) is 26.8 Å². The van der Waals surface area contributed by atoms with Gasteiger partial charge >= 0.3 is 11.7 Å². The lowest BCUT2D eigenvalue weighted by Gasteiger charge is -2.13. The SMILES string of the molecule is Cc1cc(C(C)n2c(SCC(=O)O)n[nH]c2=O)c(C)o1. The molecule has 8 heteroatoms. The number of carbonyl (C=O) groups is 1. The Morgan fingerprint density at radius 2 is 2.30 bits per heavy atom. The Bertz CT molecular complexity index is 685. The molecular weight excluding hydrogens is 282 g/mol. The summed E-state index contributed by atoms with van der Waals surface area (Å²) in [6.45, 7) is 5.51. The number of H-pyrrole nitrogens is 1. The van der Waals surface area contributed by atoms with Crippen molar-refractivity contribution in [3.63, 3.8) is 0 Å². The standard InChI is InChI=1S/C12H15N3O4S/c1-6-4-9(8(3)19-6)7(2)15-11(18)13-14-12(15)20-5-10(16)17/h4,7H,5H2,1-3H3,(H,13,18)(H,16,17). The molecule has 0 saturated carbocycles. The van der Waals surface area contributed by atoms with Gasteiger partial charge in [0.2, 0.25) is 0 Å². The van der Waals surface area contributed by atoms with Crippen LogP contribution in [0.15, 0.2) is 20.4 Å². The molecule has 1 unspecified atom stereocenters. The van der Waals surface area contributed by atoms with E-state index in [4.69, 9.17) is 9.52 Å². The van der Waals surface area contributed by atoms with Crippen molar-refractivity contribution >= 4 is 17.7 Å². The lowest BCUT2D eigenvalue weighted by Crippen LogP contribution is -2.22. The topological polar surface area (TPSA) is 101 Å². The third-order valence-electron chi connectivity index (χ3n) is 2.91. The number of aromatic nitrogens is 3. The van der Waals surface area contributed by atoms with E-state index in [0.29, 0.717) is 5.16 Å². The highest BCUT2D eigenvalue weighted by molar-refractivity contribution is 7.99. The molecule has 7 nitrogen and oxygen atoms in total. The number of aliphatic carboxylic acids is 1. The summed E-state index contributed by atoms with van der Waals surface area (Å²) in [5.74, 6) is 0.387. The van der Waals surface area contributed by atoms with Crippen molar-refractivity contribution < 1.29 is 14.3 Å². The molecule has 0 aliphatic rings. The summed E-state index contributed by atoms with van der Waals surface area (Å²) < 4.78 is 6.90. The van der Waals surface area contributed by atoms with Gasteiger partial charge in [-0.3, -0.25) is 9.36 Å². The molecular formula is C12H15N3O4S. The molecule has 2 heterocycles. The van der Waals surface area contributed by atoms with Crippen molar-refractivity contribution in [1.82, 2.24) is 14.8 Å². The first-order valence-electron chi connectivity index (χ1n) is 5.98. The molecule has 0 amide bonds. The summed E-state index contributed by atoms with van der Waals surface area (Å²) in [7, 11) is 0. The zero-order valence-electron chi connectivity index (χ0n) is 11.3. The van der Waals surface area contributed by atoms with Crippen LogP contribution in [0.25, 0.3) is 0 Å². The minimum atomic E-state index is -0.958. The maximum absolute atomic E-state index is 11.9. The number of carboxylic acids is 1. The van der Waals surface area contributed by atoms with E-state index >= 15 is 0 Å². The zero-order valence-corrected chi connectivity index (χ0v) is 12.2. The Hall–Kier alpha value is -1.96. The van der Waals surface area contributed by atoms with Gasteiger partial charge in [-0.2, -0.15) is 0 Å². The largest absolute Gasteiger partial charge is 0.481 e. The van der Waals surface area contributed by atoms with Crippen molar-refractivity contribution in [2.75, 3.05) is 5.75 Å². The third-order valence-corrected chi connectivity index (χ3v) is 3.85. The molecule has 0 fully saturated rings. The first kappa shape index (κ1) is 14.4. The predicted octanol–water partition coefficient (Wildman–Crippen LogP) is 1.57. The maximum atomic E-state index is 11.9. The highest BCUT2D eigenvalue weighted by Crippen LogP contribution is 2.26. The van der Waals surface area contributed by atoms with Gasteiger partial charge in [0.05, 0.1) is 11.8 Å². The molecule has 2 N–H and O–H groups in total. The van der Waals surface area contributed by atoms with Crippen molar-refractivity contribution in [3.8, 4) is 0 Å². The maximum Gasteiger partial charge on any atom is 0.344 e. The summed E-state index contributed by atoms with van der Waals surface area (Å²) in [5.41, 5.74) is 0.506. The Labute approximate surface area is 119 Å². The van der Waals surface area contributed by atoms with Crippen LogP contribution in [-0.4, -0.2) is 31.6 Å². The van der Waals surface area contributed by atoms with Gasteiger partial charge in [0.15, 0.2) is 5.16 Å². The minimum absolute atomic E-state index is 0.152. The molecule has 2 rings (SSSR count). The lowest BCUT2D eigenvalue weighted by atomic mass is 10.1. The first-order valence-corrected chi connectivity index (χ1v) is 6.97. The fourth-order valence-electron chi connectivity index (χ4n) is 2.06. The summed E-state index contributed by atoms with van der Waals surface area (Å²) in [4.78, 5) is 22.5. The smallest absolute Gasteiger partial charge is 0.344 e. The Kier molecular flexibility index (Phi) is 4.03. The van der Waals surface area contributed by atoms with Gasteiger partial charge in [-0.15, -0.1) is 5.10 Å². The predicted molar refractivity (Wildman–Crippen MR) is 73.2 cm³/mol. The van der Waals surface area contributed by atoms with E-state index in [1.54, 1.807) is 0 Å². The van der Waals surface area contributed by atoms with E-state index in [-0.39, 0.29) is 17.5 Å². The van der Waals surface area contributed by atoms with Crippen LogP contribution in [0.2, 0.25) is 0 Å². The number of aromatic amines is 1. The average Bonchev–Trinajstić information content (AvgIpc) is 2.89. The van der Waals surface area contributed by atoms with Crippen molar-refractivity contribution in [2.24, 2.45) is 0 Å². The van der Waals surface area contributed by atoms with Crippen molar-refractivity contribution in [2.45, 2.75) is 32.0 Å². The molecule has 0 aliphatic carbocycles. The van der Waals surface area contributed by atoms with Crippen LogP contribution in [0.4, 0.5) is 0 Å². The van der Waals surface area contributed by atoms with Crippen molar-refractivity contribution in [3.05, 3.63) is 33.6 Å². The Morgan fingerprint density at radius 1 is 1.60 bits per heavy atom. The number of aryl methyl sites for hydroxylation is 2. The summed E-state index contributed by atoms with van der Waals surface area (Å²) in [5, 5.41) is 15.3. The quantitative estimate of drug-likeness (QED) is 0.812. The normalized spacial score (nSPS) is 12.6. The number of thioether (sulfide) groups is 1. The molecule has 0 saturated heterocycles. The van der Waals surface area contributed by atoms with E-state index in [1.165, 1.54) is 4.57 Å². The van der Waals surface area contributed by atoms with E-state index in [1.807, 2.05) is 26.8 Å². The average molecular weight is 297 g/mol. The monoisotopic (exact) mass is 297 g/mol. The van der Waals surface area contributed by atoms with E-state index in [0.717, 1.165) is 28.8 Å². The fraction of sp³-hybridized carbons (Fsp3) is 0.417. The number of furan rings is 1. The Balaban J connectivity index is 2.36. The number of rotatable bonds is 5. The minimum Gasteiger partial charge on any atom is -0.481 e. The van der Waals surface area contributed by atoms with Gasteiger partial charge in [0.25, 0.3) is 0 Å². The molecule has 2 aromatic rings. The second-order valence-corrected chi connectivity index (χ2v) is 5.35. The molecule has 2 aromatic heterocycles. The highest BCUT2D eigenvalue weighted by atomic mass is 32.2. The first-order chi connectivity index (χ1) is 9.40. The molecule has 108 valence electrons. The second-order valence-electron chi connectivity index (χ2n) is 4.41. The summed E-state index contributed by atoms with van der Waals surface area (Å²) in [6, 6.07) is 1.58. The van der Waals surface area contributed by atoms with Gasteiger partial charge < -0.3 is 9.52 Å². The summed E-state index contributed by atoms with van der Waals surface area (Å²) >= 11 is 1.00. The van der Waals surface area contributed by atoms with Crippen LogP contribution in [0.3, 0.4) is 0 Å². The van der Waals surface area contributed by atoms with Crippen LogP contribution < -0.4 is 5.69 Å². The third kappa shape index (κ3) is 2.79. The number of carboxylic acid groups (broad SMARTS) is 1. The van der Waals surface area contributed by atoms with Gasteiger partial charge in [-0.1, -0.05) is 11.8 Å². The molecule has 0 aromatic carbocycles. The highest BCUT2D eigenvalue weighted by Gasteiger charge is 2.21. The number of hydrogen-bond donors (Lipinski definition) is 2. The fourth-order valence-corrected chi connectivity index (χ4v) is 2.81. The summed E-state index contributed by atoms with van der Waals surface area (Å²) in [6.07, 6.45) is 0. The van der Waals surface area contributed by atoms with E-state index in [2.05, 4.69) is 10.2 Å². The molecule has 0 aliphatic heterocycles. The van der Waals surface area contributed by atoms with Crippen LogP contribution in [-0.2, 0) is 4.79 Å². The lowest BCUT2D eigenvalue weighted by molar-refractivity contribution is -0.133. The van der Waals surface area contributed by atoms with E-state index in [9.17, 15) is 9.59 Å². The number of nitrogens with one attached hydrogen (secondary N) is 1. The molecule has 0 spiro atoms. The van der Waals surface area contributed by atoms with Crippen LogP contribution >= 0.6 is 11.8 Å². The molecule has 0 radical (unpaired) electrons. The number of nitrogens with zero attached hydrogens (tertiary/aromatic N) is 2. The van der Waals surface area contributed by atoms with Gasteiger partial charge in [-0.25, -0.2) is 9.89 Å². The van der Waals surface area contributed by atoms with E-state index < -0.39 is 5.97 Å². The Morgan fingerprint density at radius 3 is 2.85 bits per heavy atom. The van der Waals surface area contributed by atoms with Crippen LogP contribution in [0, 0.1) is 13.8 Å². The molecule has 0 bridgehead atoms. The molecule has 20 heavy (non-hydrogen) atoms. The number of hydrogen-bond acceptors (Lipinski definition) is 5. The van der Waals surface area contributed by atoms with Crippen LogP contribution in [0.1, 0.15) is 30.0 Å². The second kappa shape index (κ2) is 5.58.